The molecule has 0 aliphatic heterocycles. The summed E-state index contributed by atoms with van der Waals surface area (Å²) in [5, 5.41) is 15.0. The second-order valence-electron chi connectivity index (χ2n) is 6.57. The van der Waals surface area contributed by atoms with Crippen LogP contribution in [0.5, 0.6) is 0 Å². The number of carboxylic acids is 1. The van der Waals surface area contributed by atoms with Crippen LogP contribution in [0.1, 0.15) is 57.8 Å². The first kappa shape index (κ1) is 16.1. The highest BCUT2D eigenvalue weighted by Crippen LogP contribution is 2.29. The van der Waals surface area contributed by atoms with Gasteiger partial charge in [-0.2, -0.15) is 0 Å². The first-order chi connectivity index (χ1) is 10.2. The molecule has 120 valence electrons. The summed E-state index contributed by atoms with van der Waals surface area (Å²) in [6, 6.07) is -0.150. The average Bonchev–Trinajstić information content (AvgIpc) is 2.98. The van der Waals surface area contributed by atoms with Crippen LogP contribution in [0.2, 0.25) is 0 Å². The zero-order valence-electron chi connectivity index (χ0n) is 12.8. The van der Waals surface area contributed by atoms with Crippen LogP contribution in [-0.2, 0) is 4.79 Å². The molecule has 2 saturated carbocycles. The lowest BCUT2D eigenvalue weighted by Crippen LogP contribution is -2.42. The molecule has 0 spiro atoms. The molecule has 5 heteroatoms. The van der Waals surface area contributed by atoms with Crippen molar-refractivity contribution in [2.24, 2.45) is 17.8 Å². The molecule has 3 N–H and O–H groups in total. The summed E-state index contributed by atoms with van der Waals surface area (Å²) in [5.74, 6) is -0.155. The van der Waals surface area contributed by atoms with Gasteiger partial charge in [-0.1, -0.05) is 38.5 Å². The molecule has 0 aromatic carbocycles. The number of hydrogen-bond acceptors (Lipinski definition) is 2. The minimum Gasteiger partial charge on any atom is -0.481 e. The second kappa shape index (κ2) is 8.25. The van der Waals surface area contributed by atoms with Crippen molar-refractivity contribution in [3.8, 4) is 0 Å². The summed E-state index contributed by atoms with van der Waals surface area (Å²) in [6.07, 6.45) is 10.0. The van der Waals surface area contributed by atoms with Crippen molar-refractivity contribution in [3.05, 3.63) is 0 Å². The number of aliphatic carboxylic acids is 1. The number of carbonyl (C=O) groups is 2. The summed E-state index contributed by atoms with van der Waals surface area (Å²) in [6.45, 7) is 1.20. The van der Waals surface area contributed by atoms with E-state index in [0.717, 1.165) is 44.6 Å². The first-order valence-corrected chi connectivity index (χ1v) is 8.41. The molecule has 21 heavy (non-hydrogen) atoms. The molecule has 2 amide bonds. The first-order valence-electron chi connectivity index (χ1n) is 8.41. The molecule has 0 aromatic heterocycles. The van der Waals surface area contributed by atoms with Gasteiger partial charge in [-0.25, -0.2) is 4.79 Å². The molecule has 0 aromatic rings. The van der Waals surface area contributed by atoms with E-state index in [0.29, 0.717) is 6.54 Å². The van der Waals surface area contributed by atoms with Crippen molar-refractivity contribution >= 4 is 12.0 Å². The van der Waals surface area contributed by atoms with Crippen LogP contribution in [0.4, 0.5) is 4.79 Å². The van der Waals surface area contributed by atoms with Gasteiger partial charge >= 0.3 is 12.0 Å². The molecule has 2 unspecified atom stereocenters. The molecule has 0 radical (unpaired) electrons. The Morgan fingerprint density at radius 3 is 2.33 bits per heavy atom. The fourth-order valence-electron chi connectivity index (χ4n) is 3.75. The topological polar surface area (TPSA) is 78.4 Å². The van der Waals surface area contributed by atoms with Crippen molar-refractivity contribution < 1.29 is 14.7 Å². The Balaban J connectivity index is 1.61. The number of urea groups is 1. The van der Waals surface area contributed by atoms with Crippen LogP contribution in [0.15, 0.2) is 0 Å². The smallest absolute Gasteiger partial charge is 0.314 e. The third-order valence-electron chi connectivity index (χ3n) is 5.06. The van der Waals surface area contributed by atoms with Gasteiger partial charge in [-0.15, -0.1) is 0 Å². The standard InChI is InChI=1S/C16H28N2O3/c19-15(20)14-8-4-3-7-13(14)11-18-16(21)17-10-9-12-5-1-2-6-12/h12-14H,1-11H2,(H,19,20)(H2,17,18,21). The van der Waals surface area contributed by atoms with E-state index < -0.39 is 5.97 Å². The fraction of sp³-hybridized carbons (Fsp3) is 0.875. The summed E-state index contributed by atoms with van der Waals surface area (Å²) in [4.78, 5) is 23.0. The minimum atomic E-state index is -0.719. The Morgan fingerprint density at radius 2 is 1.62 bits per heavy atom. The van der Waals surface area contributed by atoms with Crippen LogP contribution in [0.3, 0.4) is 0 Å². The molecular weight excluding hydrogens is 268 g/mol. The van der Waals surface area contributed by atoms with Gasteiger partial charge in [0.15, 0.2) is 0 Å². The Hall–Kier alpha value is -1.26. The van der Waals surface area contributed by atoms with Gasteiger partial charge in [-0.05, 0) is 31.1 Å². The molecule has 0 heterocycles. The van der Waals surface area contributed by atoms with E-state index in [4.69, 9.17) is 0 Å². The lowest BCUT2D eigenvalue weighted by Gasteiger charge is -2.28. The van der Waals surface area contributed by atoms with Crippen molar-refractivity contribution in [1.29, 1.82) is 0 Å². The number of carboxylic acid groups (broad SMARTS) is 1. The van der Waals surface area contributed by atoms with E-state index in [-0.39, 0.29) is 17.9 Å². The zero-order chi connectivity index (χ0) is 15.1. The van der Waals surface area contributed by atoms with Gasteiger partial charge in [-0.3, -0.25) is 4.79 Å². The predicted octanol–water partition coefficient (Wildman–Crippen LogP) is 2.76. The number of amides is 2. The Morgan fingerprint density at radius 1 is 0.952 bits per heavy atom. The van der Waals surface area contributed by atoms with Crippen LogP contribution in [-0.4, -0.2) is 30.2 Å². The second-order valence-corrected chi connectivity index (χ2v) is 6.57. The fourth-order valence-corrected chi connectivity index (χ4v) is 3.75. The summed E-state index contributed by atoms with van der Waals surface area (Å²) in [5.41, 5.74) is 0. The third kappa shape index (κ3) is 5.21. The van der Waals surface area contributed by atoms with Crippen LogP contribution in [0.25, 0.3) is 0 Å². The largest absolute Gasteiger partial charge is 0.481 e. The van der Waals surface area contributed by atoms with Crippen molar-refractivity contribution in [1.82, 2.24) is 10.6 Å². The molecule has 5 nitrogen and oxygen atoms in total. The van der Waals surface area contributed by atoms with Gasteiger partial charge in [0.1, 0.15) is 0 Å². The van der Waals surface area contributed by atoms with Gasteiger partial charge in [0.25, 0.3) is 0 Å². The number of rotatable bonds is 6. The van der Waals surface area contributed by atoms with E-state index in [2.05, 4.69) is 10.6 Å². The highest BCUT2D eigenvalue weighted by atomic mass is 16.4. The van der Waals surface area contributed by atoms with Crippen LogP contribution in [0, 0.1) is 17.8 Å². The maximum absolute atomic E-state index is 11.8. The Kier molecular flexibility index (Phi) is 6.33. The molecule has 0 saturated heterocycles. The normalized spacial score (nSPS) is 26.5. The zero-order valence-corrected chi connectivity index (χ0v) is 12.8. The molecule has 0 bridgehead atoms. The molecule has 2 aliphatic carbocycles. The monoisotopic (exact) mass is 296 g/mol. The quantitative estimate of drug-likeness (QED) is 0.705. The molecular formula is C16H28N2O3. The van der Waals surface area contributed by atoms with Gasteiger partial charge in [0.05, 0.1) is 5.92 Å². The van der Waals surface area contributed by atoms with E-state index >= 15 is 0 Å². The lowest BCUT2D eigenvalue weighted by atomic mass is 9.79. The van der Waals surface area contributed by atoms with Crippen molar-refractivity contribution in [2.75, 3.05) is 13.1 Å². The number of hydrogen-bond donors (Lipinski definition) is 3. The van der Waals surface area contributed by atoms with E-state index in [1.165, 1.54) is 25.7 Å². The van der Waals surface area contributed by atoms with Crippen molar-refractivity contribution in [3.63, 3.8) is 0 Å². The summed E-state index contributed by atoms with van der Waals surface area (Å²) >= 11 is 0. The molecule has 2 fully saturated rings. The Labute approximate surface area is 126 Å². The highest BCUT2D eigenvalue weighted by Gasteiger charge is 2.30. The number of nitrogens with one attached hydrogen (secondary N) is 2. The van der Waals surface area contributed by atoms with Gasteiger partial charge < -0.3 is 15.7 Å². The molecule has 2 aliphatic rings. The van der Waals surface area contributed by atoms with E-state index in [9.17, 15) is 14.7 Å². The van der Waals surface area contributed by atoms with Crippen LogP contribution < -0.4 is 10.6 Å². The average molecular weight is 296 g/mol. The van der Waals surface area contributed by atoms with Gasteiger partial charge in [0.2, 0.25) is 0 Å². The van der Waals surface area contributed by atoms with E-state index in [1.807, 2.05) is 0 Å². The number of carbonyl (C=O) groups excluding carboxylic acids is 1. The summed E-state index contributed by atoms with van der Waals surface area (Å²) < 4.78 is 0. The summed E-state index contributed by atoms with van der Waals surface area (Å²) in [7, 11) is 0. The maximum atomic E-state index is 11.8. The Bertz CT molecular complexity index is 353. The minimum absolute atomic E-state index is 0.0804. The highest BCUT2D eigenvalue weighted by molar-refractivity contribution is 5.74. The third-order valence-corrected chi connectivity index (χ3v) is 5.06. The lowest BCUT2D eigenvalue weighted by molar-refractivity contribution is -0.144. The van der Waals surface area contributed by atoms with Crippen LogP contribution >= 0.6 is 0 Å². The molecule has 2 atom stereocenters. The van der Waals surface area contributed by atoms with Gasteiger partial charge in [0, 0.05) is 13.1 Å². The SMILES string of the molecule is O=C(NCCC1CCCC1)NCC1CCCCC1C(=O)O. The molecule has 2 rings (SSSR count). The van der Waals surface area contributed by atoms with E-state index in [1.54, 1.807) is 0 Å². The maximum Gasteiger partial charge on any atom is 0.314 e. The van der Waals surface area contributed by atoms with Crippen molar-refractivity contribution in [2.45, 2.75) is 57.8 Å². The predicted molar refractivity (Wildman–Crippen MR) is 81.1 cm³/mol.